The Balaban J connectivity index is 2.31. The first-order valence-corrected chi connectivity index (χ1v) is 11.6. The maximum absolute atomic E-state index is 13.0. The minimum absolute atomic E-state index is 0.119. The maximum atomic E-state index is 13.0. The molecule has 2 aromatic rings. The van der Waals surface area contributed by atoms with Gasteiger partial charge in [-0.05, 0) is 49.3 Å². The number of aryl methyl sites for hydroxylation is 2. The van der Waals surface area contributed by atoms with E-state index in [0.717, 1.165) is 17.2 Å². The highest BCUT2D eigenvalue weighted by Gasteiger charge is 2.27. The quantitative estimate of drug-likeness (QED) is 0.289. The average Bonchev–Trinajstić information content (AvgIpc) is 2.69. The number of hydrogen-bond acceptors (Lipinski definition) is 6. The molecule has 31 heavy (non-hydrogen) atoms. The van der Waals surface area contributed by atoms with Crippen molar-refractivity contribution in [1.82, 2.24) is 9.73 Å². The third kappa shape index (κ3) is 5.82. The van der Waals surface area contributed by atoms with Crippen molar-refractivity contribution in [3.05, 3.63) is 56.6 Å². The second-order valence-corrected chi connectivity index (χ2v) is 9.39. The van der Waals surface area contributed by atoms with Gasteiger partial charge in [0, 0.05) is 25.2 Å². The molecule has 0 saturated carbocycles. The lowest BCUT2D eigenvalue weighted by Gasteiger charge is -2.21. The molecule has 2 aromatic carbocycles. The second kappa shape index (κ2) is 10.2. The molecule has 0 aliphatic heterocycles. The predicted molar refractivity (Wildman–Crippen MR) is 127 cm³/mol. The van der Waals surface area contributed by atoms with Crippen LogP contribution >= 0.6 is 23.8 Å². The summed E-state index contributed by atoms with van der Waals surface area (Å²) in [6, 6.07) is 7.28. The number of nitro benzene ring substituents is 1. The number of nitro groups is 1. The van der Waals surface area contributed by atoms with Gasteiger partial charge in [-0.2, -0.15) is 4.31 Å². The van der Waals surface area contributed by atoms with Gasteiger partial charge in [-0.15, -0.1) is 0 Å². The van der Waals surface area contributed by atoms with Crippen LogP contribution in [0.5, 0.6) is 0 Å². The monoisotopic (exact) mass is 485 g/mol. The van der Waals surface area contributed by atoms with E-state index in [2.05, 4.69) is 16.2 Å². The molecule has 0 aliphatic rings. The Labute approximate surface area is 191 Å². The van der Waals surface area contributed by atoms with Crippen LogP contribution in [-0.4, -0.2) is 35.8 Å². The van der Waals surface area contributed by atoms with E-state index < -0.39 is 14.9 Å². The van der Waals surface area contributed by atoms with Crippen LogP contribution in [-0.2, 0) is 10.0 Å². The van der Waals surface area contributed by atoms with Gasteiger partial charge in [0.1, 0.15) is 4.90 Å². The summed E-state index contributed by atoms with van der Waals surface area (Å²) in [5, 5.41) is 14.8. The van der Waals surface area contributed by atoms with Crippen molar-refractivity contribution < 1.29 is 13.3 Å². The molecule has 12 heteroatoms. The van der Waals surface area contributed by atoms with Crippen molar-refractivity contribution >= 4 is 56.0 Å². The lowest BCUT2D eigenvalue weighted by molar-refractivity contribution is -0.385. The molecule has 2 rings (SSSR count). The van der Waals surface area contributed by atoms with Crippen LogP contribution in [0, 0.1) is 24.0 Å². The molecule has 0 atom stereocenters. The molecule has 0 aliphatic carbocycles. The number of rotatable bonds is 8. The zero-order valence-corrected chi connectivity index (χ0v) is 19.9. The fourth-order valence-electron chi connectivity index (χ4n) is 2.99. The Hall–Kier alpha value is -2.47. The fourth-order valence-corrected chi connectivity index (χ4v) is 5.13. The van der Waals surface area contributed by atoms with Gasteiger partial charge in [-0.25, -0.2) is 8.42 Å². The van der Waals surface area contributed by atoms with Gasteiger partial charge < -0.3 is 5.32 Å². The Morgan fingerprint density at radius 2 is 1.84 bits per heavy atom. The smallest absolute Gasteiger partial charge is 0.270 e. The number of thiocarbonyl (C=S) groups is 1. The first kappa shape index (κ1) is 24.8. The van der Waals surface area contributed by atoms with E-state index in [1.165, 1.54) is 16.4 Å². The van der Waals surface area contributed by atoms with Crippen LogP contribution in [0.4, 0.5) is 17.1 Å². The van der Waals surface area contributed by atoms with E-state index in [0.29, 0.717) is 10.7 Å². The molecule has 0 radical (unpaired) electrons. The predicted octanol–water partition coefficient (Wildman–Crippen LogP) is 4.21. The molecule has 0 bridgehead atoms. The summed E-state index contributed by atoms with van der Waals surface area (Å²) in [4.78, 5) is 10.3. The summed E-state index contributed by atoms with van der Waals surface area (Å²) in [6.07, 6.45) is 0. The molecule has 0 saturated heterocycles. The lowest BCUT2D eigenvalue weighted by atomic mass is 10.1. The van der Waals surface area contributed by atoms with Crippen molar-refractivity contribution in [2.24, 2.45) is 0 Å². The van der Waals surface area contributed by atoms with Crippen LogP contribution in [0.25, 0.3) is 0 Å². The maximum Gasteiger partial charge on any atom is 0.270 e. The Bertz CT molecular complexity index is 1080. The average molecular weight is 486 g/mol. The van der Waals surface area contributed by atoms with Gasteiger partial charge in [0.2, 0.25) is 10.0 Å². The molecule has 0 amide bonds. The fraction of sp³-hybridized carbons (Fsp3) is 0.316. The number of nitrogens with one attached hydrogen (secondary N) is 3. The lowest BCUT2D eigenvalue weighted by Crippen LogP contribution is -2.35. The first-order chi connectivity index (χ1) is 14.5. The number of anilines is 2. The molecule has 0 unspecified atom stereocenters. The molecular formula is C19H24ClN5O4S2. The van der Waals surface area contributed by atoms with E-state index in [1.54, 1.807) is 19.9 Å². The molecule has 0 heterocycles. The summed E-state index contributed by atoms with van der Waals surface area (Å²) in [6.45, 7) is 7.63. The molecule has 0 spiro atoms. The summed E-state index contributed by atoms with van der Waals surface area (Å²) in [5.41, 5.74) is 7.73. The standard InChI is InChI=1S/C19H24ClN5O4S2/c1-5-24(6-2)31(28,29)17-11-14(25(26)27)7-8-16(17)22-23-19(30)21-18-13(4)9-12(3)10-15(18)20/h7-11,22H,5-6H2,1-4H3,(H2,21,23,30). The van der Waals surface area contributed by atoms with Crippen molar-refractivity contribution in [2.45, 2.75) is 32.6 Å². The summed E-state index contributed by atoms with van der Waals surface area (Å²) < 4.78 is 27.2. The molecule has 3 N–H and O–H groups in total. The van der Waals surface area contributed by atoms with E-state index >= 15 is 0 Å². The van der Waals surface area contributed by atoms with Gasteiger partial charge in [-0.1, -0.05) is 31.5 Å². The number of sulfonamides is 1. The Morgan fingerprint density at radius 3 is 2.39 bits per heavy atom. The van der Waals surface area contributed by atoms with Crippen LogP contribution < -0.4 is 16.2 Å². The molecule has 0 aromatic heterocycles. The van der Waals surface area contributed by atoms with E-state index in [9.17, 15) is 18.5 Å². The topological polar surface area (TPSA) is 117 Å². The number of nitrogens with zero attached hydrogens (tertiary/aromatic N) is 2. The van der Waals surface area contributed by atoms with Crippen molar-refractivity contribution in [2.75, 3.05) is 23.8 Å². The zero-order chi connectivity index (χ0) is 23.3. The minimum Gasteiger partial charge on any atom is -0.330 e. The van der Waals surface area contributed by atoms with Gasteiger partial charge in [0.15, 0.2) is 5.11 Å². The third-order valence-corrected chi connectivity index (χ3v) is 7.07. The normalized spacial score (nSPS) is 11.3. The van der Waals surface area contributed by atoms with Gasteiger partial charge in [-0.3, -0.25) is 21.0 Å². The van der Waals surface area contributed by atoms with Crippen LogP contribution in [0.1, 0.15) is 25.0 Å². The highest BCUT2D eigenvalue weighted by molar-refractivity contribution is 7.89. The Morgan fingerprint density at radius 1 is 1.19 bits per heavy atom. The third-order valence-electron chi connectivity index (χ3n) is 4.48. The largest absolute Gasteiger partial charge is 0.330 e. The molecule has 168 valence electrons. The van der Waals surface area contributed by atoms with E-state index in [1.807, 2.05) is 19.9 Å². The highest BCUT2D eigenvalue weighted by Crippen LogP contribution is 2.29. The second-order valence-electron chi connectivity index (χ2n) is 6.67. The SMILES string of the molecule is CCN(CC)S(=O)(=O)c1cc([N+](=O)[O-])ccc1NNC(=S)Nc1c(C)cc(C)cc1Cl. The summed E-state index contributed by atoms with van der Waals surface area (Å²) in [7, 11) is -3.97. The van der Waals surface area contributed by atoms with Crippen LogP contribution in [0.2, 0.25) is 5.02 Å². The summed E-state index contributed by atoms with van der Waals surface area (Å²) in [5.74, 6) is 0. The van der Waals surface area contributed by atoms with E-state index in [4.69, 9.17) is 23.8 Å². The van der Waals surface area contributed by atoms with Gasteiger partial charge in [0.25, 0.3) is 5.69 Å². The van der Waals surface area contributed by atoms with Crippen molar-refractivity contribution in [3.63, 3.8) is 0 Å². The number of halogens is 1. The highest BCUT2D eigenvalue weighted by atomic mass is 35.5. The molecular weight excluding hydrogens is 462 g/mol. The first-order valence-electron chi connectivity index (χ1n) is 9.39. The number of non-ortho nitro benzene ring substituents is 1. The van der Waals surface area contributed by atoms with Crippen LogP contribution in [0.15, 0.2) is 35.2 Å². The van der Waals surface area contributed by atoms with Crippen molar-refractivity contribution in [1.29, 1.82) is 0 Å². The van der Waals surface area contributed by atoms with Crippen molar-refractivity contribution in [3.8, 4) is 0 Å². The number of hydrazine groups is 1. The van der Waals surface area contributed by atoms with Crippen LogP contribution in [0.3, 0.4) is 0 Å². The van der Waals surface area contributed by atoms with E-state index in [-0.39, 0.29) is 34.5 Å². The van der Waals surface area contributed by atoms with Gasteiger partial charge >= 0.3 is 0 Å². The Kier molecular flexibility index (Phi) is 8.18. The molecule has 0 fully saturated rings. The zero-order valence-electron chi connectivity index (χ0n) is 17.5. The van der Waals surface area contributed by atoms with Gasteiger partial charge in [0.05, 0.1) is 21.3 Å². The number of benzene rings is 2. The minimum atomic E-state index is -3.97. The summed E-state index contributed by atoms with van der Waals surface area (Å²) >= 11 is 11.6. The number of hydrogen-bond donors (Lipinski definition) is 3. The molecule has 9 nitrogen and oxygen atoms in total.